The maximum Gasteiger partial charge on any atom is 0.258 e. The van der Waals surface area contributed by atoms with Crippen LogP contribution in [0.5, 0.6) is 0 Å². The van der Waals surface area contributed by atoms with E-state index in [9.17, 15) is 19.5 Å². The van der Waals surface area contributed by atoms with E-state index in [1.54, 1.807) is 0 Å². The number of hydrogen-bond donors (Lipinski definition) is 2. The molecule has 0 radical (unpaired) electrons. The zero-order chi connectivity index (χ0) is 12.7. The predicted molar refractivity (Wildman–Crippen MR) is 62.4 cm³/mol. The maximum absolute atomic E-state index is 11.5. The van der Waals surface area contributed by atoms with Gasteiger partial charge in [0.15, 0.2) is 17.3 Å². The fourth-order valence-electron chi connectivity index (χ4n) is 0.965. The average Bonchev–Trinajstić information content (AvgIpc) is 2.17. The minimum atomic E-state index is -0.783. The number of carbonyl (C=O) groups is 3. The summed E-state index contributed by atoms with van der Waals surface area (Å²) in [7, 11) is 0. The van der Waals surface area contributed by atoms with E-state index in [0.717, 1.165) is 13.8 Å². The van der Waals surface area contributed by atoms with Crippen molar-refractivity contribution < 1.29 is 19.5 Å². The van der Waals surface area contributed by atoms with Gasteiger partial charge in [-0.25, -0.2) is 0 Å². The molecule has 0 aliphatic carbocycles. The topological polar surface area (TPSA) is 83.5 Å². The molecule has 90 valence electrons. The minimum absolute atomic E-state index is 0.377. The predicted octanol–water partition coefficient (Wildman–Crippen LogP) is 0.456. The zero-order valence-corrected chi connectivity index (χ0v) is 10.3. The fourth-order valence-corrected chi connectivity index (χ4v) is 1.27. The van der Waals surface area contributed by atoms with Gasteiger partial charge in [-0.1, -0.05) is 0 Å². The van der Waals surface area contributed by atoms with Crippen LogP contribution in [0.3, 0.4) is 0 Å². The number of ketones is 2. The first-order chi connectivity index (χ1) is 7.41. The third kappa shape index (κ3) is 4.48. The number of amides is 1. The lowest BCUT2D eigenvalue weighted by molar-refractivity contribution is -0.124. The third-order valence-electron chi connectivity index (χ3n) is 1.74. The number of allylic oxidation sites excluding steroid dienone is 1. The third-order valence-corrected chi connectivity index (χ3v) is 2.35. The quantitative estimate of drug-likeness (QED) is 0.233. The number of aliphatic hydroxyl groups is 1. The summed E-state index contributed by atoms with van der Waals surface area (Å²) in [5, 5.41) is 11.8. The summed E-state index contributed by atoms with van der Waals surface area (Å²) in [6.45, 7) is 2.60. The molecule has 0 atom stereocenters. The van der Waals surface area contributed by atoms with Crippen molar-refractivity contribution in [2.45, 2.75) is 13.8 Å². The Bertz CT molecular complexity index is 336. The molecule has 0 rings (SSSR count). The van der Waals surface area contributed by atoms with Gasteiger partial charge < -0.3 is 10.4 Å². The largest absolute Gasteiger partial charge is 0.504 e. The van der Waals surface area contributed by atoms with Gasteiger partial charge in [-0.05, 0) is 13.2 Å². The minimum Gasteiger partial charge on any atom is -0.504 e. The van der Waals surface area contributed by atoms with Gasteiger partial charge in [0.05, 0.1) is 0 Å². The number of aliphatic hydroxyl groups excluding tert-OH is 1. The molecule has 16 heavy (non-hydrogen) atoms. The van der Waals surface area contributed by atoms with Crippen LogP contribution in [-0.2, 0) is 14.4 Å². The Morgan fingerprint density at radius 2 is 1.75 bits per heavy atom. The molecule has 6 heteroatoms. The molecule has 0 fully saturated rings. The molecule has 0 saturated carbocycles. The van der Waals surface area contributed by atoms with Crippen molar-refractivity contribution in [1.29, 1.82) is 0 Å². The molecule has 0 aromatic heterocycles. The summed E-state index contributed by atoms with van der Waals surface area (Å²) in [4.78, 5) is 33.5. The maximum atomic E-state index is 11.5. The Morgan fingerprint density at radius 1 is 1.19 bits per heavy atom. The van der Waals surface area contributed by atoms with Gasteiger partial charge >= 0.3 is 0 Å². The summed E-state index contributed by atoms with van der Waals surface area (Å²) in [5.41, 5.74) is -0.478. The van der Waals surface area contributed by atoms with Crippen LogP contribution in [-0.4, -0.2) is 41.1 Å². The highest BCUT2D eigenvalue weighted by molar-refractivity contribution is 7.98. The summed E-state index contributed by atoms with van der Waals surface area (Å²) in [5.74, 6) is -2.14. The average molecular weight is 245 g/mol. The van der Waals surface area contributed by atoms with Gasteiger partial charge in [0.1, 0.15) is 5.57 Å². The van der Waals surface area contributed by atoms with E-state index in [0.29, 0.717) is 12.3 Å². The Hall–Kier alpha value is -1.30. The number of rotatable bonds is 6. The number of Topliss-reactive ketones (excluding diaryl/α,β-unsaturated/α-hetero) is 2. The van der Waals surface area contributed by atoms with Crippen LogP contribution in [0, 0.1) is 0 Å². The van der Waals surface area contributed by atoms with E-state index in [1.807, 2.05) is 6.26 Å². The Kier molecular flexibility index (Phi) is 6.48. The summed E-state index contributed by atoms with van der Waals surface area (Å²) in [6.07, 6.45) is 1.88. The molecular formula is C10H15NO4S. The second-order valence-corrected chi connectivity index (χ2v) is 4.07. The molecule has 0 aliphatic heterocycles. The number of nitrogens with one attached hydrogen (secondary N) is 1. The molecule has 1 amide bonds. The van der Waals surface area contributed by atoms with Gasteiger partial charge in [-0.15, -0.1) is 0 Å². The summed E-state index contributed by atoms with van der Waals surface area (Å²) < 4.78 is 0. The van der Waals surface area contributed by atoms with Crippen molar-refractivity contribution >= 4 is 29.2 Å². The number of thioether (sulfide) groups is 1. The smallest absolute Gasteiger partial charge is 0.258 e. The van der Waals surface area contributed by atoms with Crippen LogP contribution in [0.1, 0.15) is 13.8 Å². The van der Waals surface area contributed by atoms with Crippen LogP contribution in [0.15, 0.2) is 11.3 Å². The SMILES string of the molecule is CSCCNC(=O)/C(C(C)=O)=C(/O)C(C)=O. The second kappa shape index (κ2) is 7.05. The van der Waals surface area contributed by atoms with Crippen molar-refractivity contribution in [3.63, 3.8) is 0 Å². The lowest BCUT2D eigenvalue weighted by atomic mass is 10.1. The molecule has 0 aliphatic rings. The molecule has 0 bridgehead atoms. The first-order valence-electron chi connectivity index (χ1n) is 4.64. The van der Waals surface area contributed by atoms with Gasteiger partial charge in [-0.3, -0.25) is 14.4 Å². The number of carbonyl (C=O) groups excluding carboxylic acids is 3. The summed E-state index contributed by atoms with van der Waals surface area (Å²) >= 11 is 1.53. The lowest BCUT2D eigenvalue weighted by Gasteiger charge is -2.06. The Morgan fingerprint density at radius 3 is 2.12 bits per heavy atom. The highest BCUT2D eigenvalue weighted by Gasteiger charge is 2.21. The molecule has 0 spiro atoms. The van der Waals surface area contributed by atoms with Gasteiger partial charge in [-0.2, -0.15) is 11.8 Å². The number of hydrogen-bond acceptors (Lipinski definition) is 5. The molecule has 0 unspecified atom stereocenters. The van der Waals surface area contributed by atoms with E-state index in [1.165, 1.54) is 11.8 Å². The van der Waals surface area contributed by atoms with Crippen molar-refractivity contribution in [3.05, 3.63) is 11.3 Å². The Labute approximate surface area is 98.3 Å². The molecule has 5 nitrogen and oxygen atoms in total. The lowest BCUT2D eigenvalue weighted by Crippen LogP contribution is -2.31. The highest BCUT2D eigenvalue weighted by Crippen LogP contribution is 2.05. The molecule has 0 heterocycles. The highest BCUT2D eigenvalue weighted by atomic mass is 32.2. The van der Waals surface area contributed by atoms with Crippen LogP contribution in [0.2, 0.25) is 0 Å². The van der Waals surface area contributed by atoms with E-state index in [2.05, 4.69) is 5.32 Å². The van der Waals surface area contributed by atoms with Gasteiger partial charge in [0, 0.05) is 19.2 Å². The van der Waals surface area contributed by atoms with Crippen molar-refractivity contribution in [3.8, 4) is 0 Å². The van der Waals surface area contributed by atoms with E-state index < -0.39 is 28.8 Å². The van der Waals surface area contributed by atoms with Gasteiger partial charge in [0.2, 0.25) is 0 Å². The Balaban J connectivity index is 4.81. The molecule has 2 N–H and O–H groups in total. The normalized spacial score (nSPS) is 11.7. The van der Waals surface area contributed by atoms with Crippen LogP contribution in [0.4, 0.5) is 0 Å². The molecule has 0 saturated heterocycles. The molecule has 0 aromatic carbocycles. The van der Waals surface area contributed by atoms with Crippen LogP contribution < -0.4 is 5.32 Å². The van der Waals surface area contributed by atoms with Crippen molar-refractivity contribution in [1.82, 2.24) is 5.32 Å². The van der Waals surface area contributed by atoms with Crippen molar-refractivity contribution in [2.75, 3.05) is 18.6 Å². The van der Waals surface area contributed by atoms with E-state index >= 15 is 0 Å². The van der Waals surface area contributed by atoms with Crippen LogP contribution >= 0.6 is 11.8 Å². The van der Waals surface area contributed by atoms with Crippen molar-refractivity contribution in [2.24, 2.45) is 0 Å². The standard InChI is InChI=1S/C10H15NO4S/c1-6(12)8(9(14)7(2)13)10(15)11-4-5-16-3/h14H,4-5H2,1-3H3,(H,11,15)/b9-8+. The molecular weight excluding hydrogens is 230 g/mol. The first kappa shape index (κ1) is 14.7. The van der Waals surface area contributed by atoms with E-state index in [4.69, 9.17) is 0 Å². The monoisotopic (exact) mass is 245 g/mol. The van der Waals surface area contributed by atoms with Crippen LogP contribution in [0.25, 0.3) is 0 Å². The fraction of sp³-hybridized carbons (Fsp3) is 0.500. The zero-order valence-electron chi connectivity index (χ0n) is 9.49. The molecule has 0 aromatic rings. The van der Waals surface area contributed by atoms with Gasteiger partial charge in [0.25, 0.3) is 5.91 Å². The summed E-state index contributed by atoms with van der Waals surface area (Å²) in [6, 6.07) is 0. The second-order valence-electron chi connectivity index (χ2n) is 3.08. The first-order valence-corrected chi connectivity index (χ1v) is 6.03. The van der Waals surface area contributed by atoms with E-state index in [-0.39, 0.29) is 0 Å².